The van der Waals surface area contributed by atoms with E-state index in [2.05, 4.69) is 35.7 Å². The maximum Gasteiger partial charge on any atom is 0.259 e. The number of thiophene rings is 1. The standard InChI is InChI=1S/C21H22N4OS2/c1-4-12(2)9-15-13(3)28-21-18(15)19(26)24-17(25-21)10-27-20-14-7-5-6-8-16(14)22-11-23-20/h5-8,11-12H,4,9-10H2,1-3H3,(H,24,25,26)/t12-/m1/s1. The molecule has 3 heterocycles. The molecule has 0 aliphatic rings. The Hall–Kier alpha value is -2.25. The summed E-state index contributed by atoms with van der Waals surface area (Å²) in [5, 5.41) is 2.68. The van der Waals surface area contributed by atoms with Crippen LogP contribution < -0.4 is 5.56 Å². The van der Waals surface area contributed by atoms with Crippen molar-refractivity contribution in [3.63, 3.8) is 0 Å². The Balaban J connectivity index is 1.64. The first kappa shape index (κ1) is 19.1. The molecule has 1 N–H and O–H groups in total. The number of para-hydroxylation sites is 1. The van der Waals surface area contributed by atoms with E-state index < -0.39 is 0 Å². The van der Waals surface area contributed by atoms with Crippen molar-refractivity contribution >= 4 is 44.2 Å². The zero-order valence-electron chi connectivity index (χ0n) is 16.2. The van der Waals surface area contributed by atoms with E-state index in [4.69, 9.17) is 4.98 Å². The molecule has 28 heavy (non-hydrogen) atoms. The minimum atomic E-state index is -0.0317. The summed E-state index contributed by atoms with van der Waals surface area (Å²) in [4.78, 5) is 31.3. The molecule has 4 aromatic rings. The molecule has 5 nitrogen and oxygen atoms in total. The van der Waals surface area contributed by atoms with Crippen LogP contribution in [0.25, 0.3) is 21.1 Å². The Morgan fingerprint density at radius 1 is 1.25 bits per heavy atom. The maximum absolute atomic E-state index is 12.8. The number of rotatable bonds is 6. The Morgan fingerprint density at radius 2 is 2.07 bits per heavy atom. The summed E-state index contributed by atoms with van der Waals surface area (Å²) < 4.78 is 0. The molecule has 7 heteroatoms. The fourth-order valence-electron chi connectivity index (χ4n) is 3.26. The van der Waals surface area contributed by atoms with Gasteiger partial charge in [-0.15, -0.1) is 11.3 Å². The number of hydrogen-bond acceptors (Lipinski definition) is 6. The topological polar surface area (TPSA) is 71.5 Å². The second-order valence-corrected chi connectivity index (χ2v) is 9.20. The van der Waals surface area contributed by atoms with Gasteiger partial charge in [0.25, 0.3) is 5.56 Å². The van der Waals surface area contributed by atoms with Gasteiger partial charge in [0.15, 0.2) is 0 Å². The fourth-order valence-corrected chi connectivity index (χ4v) is 5.19. The van der Waals surface area contributed by atoms with Crippen LogP contribution in [-0.2, 0) is 12.2 Å². The summed E-state index contributed by atoms with van der Waals surface area (Å²) >= 11 is 3.18. The van der Waals surface area contributed by atoms with E-state index in [0.29, 0.717) is 17.5 Å². The van der Waals surface area contributed by atoms with Gasteiger partial charge in [-0.25, -0.2) is 15.0 Å². The highest BCUT2D eigenvalue weighted by Gasteiger charge is 2.17. The van der Waals surface area contributed by atoms with E-state index >= 15 is 0 Å². The van der Waals surface area contributed by atoms with Crippen molar-refractivity contribution in [3.05, 3.63) is 57.2 Å². The molecule has 0 radical (unpaired) electrons. The van der Waals surface area contributed by atoms with Crippen LogP contribution in [0.1, 0.15) is 36.5 Å². The number of aromatic nitrogens is 4. The van der Waals surface area contributed by atoms with Crippen molar-refractivity contribution < 1.29 is 0 Å². The molecule has 144 valence electrons. The molecule has 0 bridgehead atoms. The Morgan fingerprint density at radius 3 is 2.89 bits per heavy atom. The van der Waals surface area contributed by atoms with Crippen LogP contribution in [0.15, 0.2) is 40.4 Å². The molecule has 0 spiro atoms. The zero-order valence-corrected chi connectivity index (χ0v) is 17.8. The van der Waals surface area contributed by atoms with Crippen LogP contribution in [0.4, 0.5) is 0 Å². The van der Waals surface area contributed by atoms with Crippen LogP contribution in [0.3, 0.4) is 0 Å². The van der Waals surface area contributed by atoms with Crippen LogP contribution in [0, 0.1) is 12.8 Å². The Bertz CT molecular complexity index is 1190. The van der Waals surface area contributed by atoms with Gasteiger partial charge in [-0.1, -0.05) is 50.2 Å². The lowest BCUT2D eigenvalue weighted by Crippen LogP contribution is -2.12. The minimum Gasteiger partial charge on any atom is -0.309 e. The van der Waals surface area contributed by atoms with Gasteiger partial charge in [-0.3, -0.25) is 4.79 Å². The first-order valence-electron chi connectivity index (χ1n) is 9.40. The predicted octanol–water partition coefficient (Wildman–Crippen LogP) is 5.12. The number of nitrogens with zero attached hydrogens (tertiary/aromatic N) is 3. The van der Waals surface area contributed by atoms with E-state index in [9.17, 15) is 4.79 Å². The van der Waals surface area contributed by atoms with Gasteiger partial charge in [0.1, 0.15) is 22.0 Å². The van der Waals surface area contributed by atoms with Crippen molar-refractivity contribution in [1.82, 2.24) is 19.9 Å². The third kappa shape index (κ3) is 3.69. The highest BCUT2D eigenvalue weighted by molar-refractivity contribution is 7.98. The van der Waals surface area contributed by atoms with E-state index in [1.807, 2.05) is 24.3 Å². The van der Waals surface area contributed by atoms with E-state index in [-0.39, 0.29) is 5.56 Å². The highest BCUT2D eigenvalue weighted by Crippen LogP contribution is 2.31. The number of thioether (sulfide) groups is 1. The van der Waals surface area contributed by atoms with E-state index in [1.165, 1.54) is 4.88 Å². The van der Waals surface area contributed by atoms with Gasteiger partial charge in [0.05, 0.1) is 16.7 Å². The van der Waals surface area contributed by atoms with Gasteiger partial charge >= 0.3 is 0 Å². The highest BCUT2D eigenvalue weighted by atomic mass is 32.2. The lowest BCUT2D eigenvalue weighted by Gasteiger charge is -2.08. The molecule has 4 rings (SSSR count). The molecule has 0 aliphatic carbocycles. The number of fused-ring (bicyclic) bond motifs is 2. The van der Waals surface area contributed by atoms with Gasteiger partial charge in [0, 0.05) is 10.3 Å². The van der Waals surface area contributed by atoms with Gasteiger partial charge in [-0.05, 0) is 30.9 Å². The summed E-state index contributed by atoms with van der Waals surface area (Å²) in [7, 11) is 0. The molecule has 1 atom stereocenters. The largest absolute Gasteiger partial charge is 0.309 e. The molecule has 0 fully saturated rings. The predicted molar refractivity (Wildman–Crippen MR) is 117 cm³/mol. The molecular weight excluding hydrogens is 388 g/mol. The average Bonchev–Trinajstić information content (AvgIpc) is 3.01. The number of aryl methyl sites for hydroxylation is 1. The summed E-state index contributed by atoms with van der Waals surface area (Å²) in [6.07, 6.45) is 3.60. The fraction of sp³-hybridized carbons (Fsp3) is 0.333. The quantitative estimate of drug-likeness (QED) is 0.353. The smallest absolute Gasteiger partial charge is 0.259 e. The van der Waals surface area contributed by atoms with Crippen molar-refractivity contribution in [3.8, 4) is 0 Å². The van der Waals surface area contributed by atoms with Crippen molar-refractivity contribution in [2.75, 3.05) is 0 Å². The number of benzene rings is 1. The molecule has 0 saturated heterocycles. The van der Waals surface area contributed by atoms with Crippen LogP contribution in [0.2, 0.25) is 0 Å². The van der Waals surface area contributed by atoms with Gasteiger partial charge in [0.2, 0.25) is 0 Å². The number of aromatic amines is 1. The SMILES string of the molecule is CC[C@@H](C)Cc1c(C)sc2nc(CSc3ncnc4ccccc34)[nH]c(=O)c12. The number of nitrogens with one attached hydrogen (secondary N) is 1. The maximum atomic E-state index is 12.8. The number of H-pyrrole nitrogens is 1. The molecular formula is C21H22N4OS2. The summed E-state index contributed by atoms with van der Waals surface area (Å²) in [5.74, 6) is 1.79. The summed E-state index contributed by atoms with van der Waals surface area (Å²) in [6, 6.07) is 7.93. The van der Waals surface area contributed by atoms with Crippen molar-refractivity contribution in [1.29, 1.82) is 0 Å². The second kappa shape index (κ2) is 8.01. The van der Waals surface area contributed by atoms with Crippen molar-refractivity contribution in [2.24, 2.45) is 5.92 Å². The molecule has 0 aliphatic heterocycles. The minimum absolute atomic E-state index is 0.0317. The summed E-state index contributed by atoms with van der Waals surface area (Å²) in [5.41, 5.74) is 2.04. The van der Waals surface area contributed by atoms with E-state index in [0.717, 1.165) is 44.6 Å². The zero-order chi connectivity index (χ0) is 19.7. The lowest BCUT2D eigenvalue weighted by molar-refractivity contribution is 0.561. The van der Waals surface area contributed by atoms with Crippen LogP contribution >= 0.6 is 23.1 Å². The third-order valence-electron chi connectivity index (χ3n) is 5.01. The molecule has 0 unspecified atom stereocenters. The third-order valence-corrected chi connectivity index (χ3v) is 7.07. The monoisotopic (exact) mass is 410 g/mol. The average molecular weight is 411 g/mol. The van der Waals surface area contributed by atoms with Gasteiger partial charge in [-0.2, -0.15) is 0 Å². The second-order valence-electron chi connectivity index (χ2n) is 7.03. The Labute approximate surface area is 171 Å². The normalized spacial score (nSPS) is 12.7. The van der Waals surface area contributed by atoms with Gasteiger partial charge < -0.3 is 4.98 Å². The molecule has 3 aromatic heterocycles. The molecule has 1 aromatic carbocycles. The van der Waals surface area contributed by atoms with Crippen molar-refractivity contribution in [2.45, 2.75) is 44.4 Å². The van der Waals surface area contributed by atoms with Crippen LogP contribution in [-0.4, -0.2) is 19.9 Å². The first-order chi connectivity index (χ1) is 13.6. The lowest BCUT2D eigenvalue weighted by atomic mass is 9.98. The molecule has 0 saturated carbocycles. The number of hydrogen-bond donors (Lipinski definition) is 1. The van der Waals surface area contributed by atoms with Crippen LogP contribution in [0.5, 0.6) is 0 Å². The molecule has 0 amide bonds. The van der Waals surface area contributed by atoms with E-state index in [1.54, 1.807) is 29.4 Å². The Kier molecular flexibility index (Phi) is 5.46. The first-order valence-corrected chi connectivity index (χ1v) is 11.2. The summed E-state index contributed by atoms with van der Waals surface area (Å²) in [6.45, 7) is 6.50.